The highest BCUT2D eigenvalue weighted by Crippen LogP contribution is 2.43. The van der Waals surface area contributed by atoms with Crippen molar-refractivity contribution in [3.05, 3.63) is 32.9 Å². The van der Waals surface area contributed by atoms with Crippen LogP contribution in [-0.4, -0.2) is 0 Å². The molecule has 116 valence electrons. The second-order valence-electron chi connectivity index (χ2n) is 6.77. The molecule has 2 saturated carbocycles. The quantitative estimate of drug-likeness (QED) is 0.394. The minimum Gasteiger partial charge on any atom is -0.203 e. The monoisotopic (exact) mass is 404 g/mol. The average molecular weight is 404 g/mol. The van der Waals surface area contributed by atoms with Crippen LogP contribution in [0.4, 0.5) is 8.78 Å². The van der Waals surface area contributed by atoms with Gasteiger partial charge in [-0.2, -0.15) is 0 Å². The van der Waals surface area contributed by atoms with Gasteiger partial charge < -0.3 is 0 Å². The lowest BCUT2D eigenvalue weighted by molar-refractivity contribution is 0.185. The molecule has 1 aromatic rings. The van der Waals surface area contributed by atoms with Crippen LogP contribution >= 0.6 is 22.6 Å². The summed E-state index contributed by atoms with van der Waals surface area (Å²) in [5, 5.41) is 0. The Bertz CT molecular complexity index is 486. The molecule has 1 aromatic carbocycles. The highest BCUT2D eigenvalue weighted by atomic mass is 127. The minimum absolute atomic E-state index is 0.219. The second kappa shape index (κ2) is 6.93. The van der Waals surface area contributed by atoms with Crippen molar-refractivity contribution < 1.29 is 8.78 Å². The standard InChI is InChI=1S/C18H23F2I/c19-17-15(10-11-16(21)18(17)20)14-8-6-13(7-9-14)12-4-2-1-3-5-12/h10-14H,1-9H2. The molecule has 2 aliphatic carbocycles. The Kier molecular flexibility index (Phi) is 5.18. The molecule has 0 radical (unpaired) electrons. The number of hydrogen-bond donors (Lipinski definition) is 0. The average Bonchev–Trinajstić information content (AvgIpc) is 2.54. The highest BCUT2D eigenvalue weighted by molar-refractivity contribution is 14.1. The van der Waals surface area contributed by atoms with Crippen molar-refractivity contribution >= 4 is 22.6 Å². The third kappa shape index (κ3) is 3.43. The molecule has 0 aliphatic heterocycles. The minimum atomic E-state index is -0.664. The summed E-state index contributed by atoms with van der Waals surface area (Å²) >= 11 is 1.85. The lowest BCUT2D eigenvalue weighted by atomic mass is 9.70. The van der Waals surface area contributed by atoms with Gasteiger partial charge in [-0.05, 0) is 77.7 Å². The van der Waals surface area contributed by atoms with E-state index in [1.54, 1.807) is 12.1 Å². The van der Waals surface area contributed by atoms with E-state index in [2.05, 4.69) is 0 Å². The summed E-state index contributed by atoms with van der Waals surface area (Å²) in [4.78, 5) is 0. The van der Waals surface area contributed by atoms with Gasteiger partial charge in [0.2, 0.25) is 0 Å². The van der Waals surface area contributed by atoms with E-state index in [4.69, 9.17) is 0 Å². The molecular formula is C18H23F2I. The second-order valence-corrected chi connectivity index (χ2v) is 7.94. The number of hydrogen-bond acceptors (Lipinski definition) is 0. The highest BCUT2D eigenvalue weighted by Gasteiger charge is 2.30. The summed E-state index contributed by atoms with van der Waals surface area (Å²) in [6, 6.07) is 3.51. The Morgan fingerprint density at radius 3 is 2.05 bits per heavy atom. The molecule has 3 rings (SSSR count). The van der Waals surface area contributed by atoms with Gasteiger partial charge in [-0.15, -0.1) is 0 Å². The smallest absolute Gasteiger partial charge is 0.172 e. The summed E-state index contributed by atoms with van der Waals surface area (Å²) in [5.41, 5.74) is 0.606. The summed E-state index contributed by atoms with van der Waals surface area (Å²) in [5.74, 6) is 0.679. The Hall–Kier alpha value is -0.190. The van der Waals surface area contributed by atoms with E-state index >= 15 is 0 Å². The van der Waals surface area contributed by atoms with E-state index < -0.39 is 11.6 Å². The van der Waals surface area contributed by atoms with Crippen LogP contribution in [0, 0.1) is 27.0 Å². The number of halogens is 3. The fourth-order valence-electron chi connectivity index (χ4n) is 4.36. The van der Waals surface area contributed by atoms with Gasteiger partial charge in [-0.1, -0.05) is 38.2 Å². The molecule has 0 amide bonds. The van der Waals surface area contributed by atoms with Gasteiger partial charge >= 0.3 is 0 Å². The Morgan fingerprint density at radius 1 is 0.762 bits per heavy atom. The molecule has 0 atom stereocenters. The first-order valence-corrected chi connectivity index (χ1v) is 9.38. The summed E-state index contributed by atoms with van der Waals surface area (Å²) < 4.78 is 28.2. The molecule has 2 fully saturated rings. The number of benzene rings is 1. The van der Waals surface area contributed by atoms with E-state index in [1.807, 2.05) is 22.6 Å². The van der Waals surface area contributed by atoms with Crippen molar-refractivity contribution in [1.29, 1.82) is 0 Å². The van der Waals surface area contributed by atoms with Crippen LogP contribution in [0.5, 0.6) is 0 Å². The maximum Gasteiger partial charge on any atom is 0.172 e. The first kappa shape index (κ1) is 15.7. The van der Waals surface area contributed by atoms with E-state index in [0.29, 0.717) is 9.13 Å². The topological polar surface area (TPSA) is 0 Å². The van der Waals surface area contributed by atoms with Crippen molar-refractivity contribution in [2.45, 2.75) is 63.7 Å². The van der Waals surface area contributed by atoms with Crippen molar-refractivity contribution in [1.82, 2.24) is 0 Å². The van der Waals surface area contributed by atoms with E-state index in [1.165, 1.54) is 44.9 Å². The van der Waals surface area contributed by atoms with Gasteiger partial charge in [0.05, 0.1) is 3.57 Å². The zero-order chi connectivity index (χ0) is 14.8. The van der Waals surface area contributed by atoms with Gasteiger partial charge in [0.25, 0.3) is 0 Å². The van der Waals surface area contributed by atoms with Gasteiger partial charge in [-0.3, -0.25) is 0 Å². The van der Waals surface area contributed by atoms with Crippen LogP contribution in [0.3, 0.4) is 0 Å². The summed E-state index contributed by atoms with van der Waals surface area (Å²) in [7, 11) is 0. The van der Waals surface area contributed by atoms with Crippen LogP contribution in [0.15, 0.2) is 12.1 Å². The van der Waals surface area contributed by atoms with Gasteiger partial charge in [0, 0.05) is 0 Å². The first-order valence-electron chi connectivity index (χ1n) is 8.30. The maximum absolute atomic E-state index is 14.1. The van der Waals surface area contributed by atoms with Crippen molar-refractivity contribution in [3.8, 4) is 0 Å². The zero-order valence-corrected chi connectivity index (χ0v) is 14.5. The zero-order valence-electron chi connectivity index (χ0n) is 12.4. The normalized spacial score (nSPS) is 27.8. The van der Waals surface area contributed by atoms with Gasteiger partial charge in [0.1, 0.15) is 0 Å². The fraction of sp³-hybridized carbons (Fsp3) is 0.667. The summed E-state index contributed by atoms with van der Waals surface area (Å²) in [6.45, 7) is 0. The van der Waals surface area contributed by atoms with Crippen LogP contribution in [0.2, 0.25) is 0 Å². The molecule has 0 heterocycles. The predicted octanol–water partition coefficient (Wildman–Crippen LogP) is 6.42. The summed E-state index contributed by atoms with van der Waals surface area (Å²) in [6.07, 6.45) is 11.4. The maximum atomic E-state index is 14.1. The first-order chi connectivity index (χ1) is 10.2. The van der Waals surface area contributed by atoms with Crippen LogP contribution in [-0.2, 0) is 0 Å². The molecule has 0 N–H and O–H groups in total. The molecule has 0 unspecified atom stereocenters. The Labute approximate surface area is 139 Å². The van der Waals surface area contributed by atoms with Crippen LogP contribution in [0.1, 0.15) is 69.3 Å². The molecular weight excluding hydrogens is 381 g/mol. The lowest BCUT2D eigenvalue weighted by Crippen LogP contribution is -2.23. The molecule has 0 bridgehead atoms. The number of rotatable bonds is 2. The van der Waals surface area contributed by atoms with Gasteiger partial charge in [-0.25, -0.2) is 8.78 Å². The van der Waals surface area contributed by atoms with Crippen molar-refractivity contribution in [2.75, 3.05) is 0 Å². The lowest BCUT2D eigenvalue weighted by Gasteiger charge is -2.36. The molecule has 0 saturated heterocycles. The molecule has 0 nitrogen and oxygen atoms in total. The van der Waals surface area contributed by atoms with Crippen LogP contribution in [0.25, 0.3) is 0 Å². The third-order valence-corrected chi connectivity index (χ3v) is 6.43. The van der Waals surface area contributed by atoms with E-state index in [9.17, 15) is 8.78 Å². The van der Waals surface area contributed by atoms with E-state index in [-0.39, 0.29) is 5.92 Å². The molecule has 0 aromatic heterocycles. The Morgan fingerprint density at radius 2 is 1.38 bits per heavy atom. The Balaban J connectivity index is 1.64. The van der Waals surface area contributed by atoms with Gasteiger partial charge in [0.15, 0.2) is 11.6 Å². The molecule has 21 heavy (non-hydrogen) atoms. The fourth-order valence-corrected chi connectivity index (χ4v) is 4.78. The SMILES string of the molecule is Fc1c(I)ccc(C2CCC(C3CCCCC3)CC2)c1F. The predicted molar refractivity (Wildman–Crippen MR) is 90.3 cm³/mol. The third-order valence-electron chi connectivity index (χ3n) is 5.59. The molecule has 2 aliphatic rings. The van der Waals surface area contributed by atoms with Crippen molar-refractivity contribution in [3.63, 3.8) is 0 Å². The van der Waals surface area contributed by atoms with E-state index in [0.717, 1.165) is 24.7 Å². The molecule has 0 spiro atoms. The molecule has 3 heteroatoms. The largest absolute Gasteiger partial charge is 0.203 e. The van der Waals surface area contributed by atoms with Crippen molar-refractivity contribution in [2.24, 2.45) is 11.8 Å². The van der Waals surface area contributed by atoms with Crippen LogP contribution < -0.4 is 0 Å².